The molecule has 1 fully saturated rings. The highest BCUT2D eigenvalue weighted by Gasteiger charge is 2.23. The highest BCUT2D eigenvalue weighted by atomic mass is 127. The van der Waals surface area contributed by atoms with Gasteiger partial charge in [0, 0.05) is 3.57 Å². The summed E-state index contributed by atoms with van der Waals surface area (Å²) in [6, 6.07) is 11.8. The van der Waals surface area contributed by atoms with E-state index in [4.69, 9.17) is 4.74 Å². The molecule has 1 aliphatic carbocycles. The molecular weight excluding hydrogens is 370 g/mol. The van der Waals surface area contributed by atoms with E-state index in [9.17, 15) is 9.50 Å². The molecule has 0 radical (unpaired) electrons. The number of hydrogen-bond donors (Lipinski definition) is 1. The van der Waals surface area contributed by atoms with Crippen molar-refractivity contribution in [1.29, 1.82) is 0 Å². The number of hydrogen-bond acceptors (Lipinski definition) is 2. The molecule has 0 spiro atoms. The van der Waals surface area contributed by atoms with Gasteiger partial charge < -0.3 is 9.84 Å². The van der Waals surface area contributed by atoms with E-state index in [0.717, 1.165) is 24.2 Å². The first kappa shape index (κ1) is 13.8. The van der Waals surface area contributed by atoms with Crippen LogP contribution in [0.15, 0.2) is 42.5 Å². The molecular formula is C16H14FIO2. The second-order valence-corrected chi connectivity index (χ2v) is 6.12. The largest absolute Gasteiger partial charge is 0.490 e. The zero-order chi connectivity index (χ0) is 14.1. The molecule has 104 valence electrons. The van der Waals surface area contributed by atoms with E-state index in [1.807, 2.05) is 46.9 Å². The molecule has 1 N–H and O–H groups in total. The monoisotopic (exact) mass is 384 g/mol. The van der Waals surface area contributed by atoms with Gasteiger partial charge in [0.25, 0.3) is 0 Å². The molecule has 1 saturated carbocycles. The Labute approximate surface area is 130 Å². The van der Waals surface area contributed by atoms with E-state index in [1.54, 1.807) is 6.07 Å². The minimum Gasteiger partial charge on any atom is -0.490 e. The van der Waals surface area contributed by atoms with Crippen molar-refractivity contribution in [2.45, 2.75) is 25.0 Å². The standard InChI is InChI=1S/C16H14FIO2/c17-11-3-8-14(15(18)9-11)16(19)10-1-4-12(5-2-10)20-13-6-7-13/h1-5,8-9,13,16,19H,6-7H2. The maximum atomic E-state index is 13.1. The van der Waals surface area contributed by atoms with Crippen LogP contribution in [0.4, 0.5) is 4.39 Å². The average molecular weight is 384 g/mol. The van der Waals surface area contributed by atoms with Gasteiger partial charge in [0.15, 0.2) is 0 Å². The minimum absolute atomic E-state index is 0.293. The van der Waals surface area contributed by atoms with E-state index in [-0.39, 0.29) is 5.82 Å². The van der Waals surface area contributed by atoms with Gasteiger partial charge in [0.1, 0.15) is 17.7 Å². The second kappa shape index (κ2) is 5.69. The number of aliphatic hydroxyl groups excluding tert-OH is 1. The van der Waals surface area contributed by atoms with Crippen molar-refractivity contribution in [3.8, 4) is 5.75 Å². The van der Waals surface area contributed by atoms with Crippen molar-refractivity contribution in [1.82, 2.24) is 0 Å². The van der Waals surface area contributed by atoms with Gasteiger partial charge in [-0.3, -0.25) is 0 Å². The highest BCUT2D eigenvalue weighted by Crippen LogP contribution is 2.30. The van der Waals surface area contributed by atoms with Gasteiger partial charge in [-0.15, -0.1) is 0 Å². The first-order chi connectivity index (χ1) is 9.63. The average Bonchev–Trinajstić information content (AvgIpc) is 3.23. The molecule has 2 aromatic rings. The fourth-order valence-electron chi connectivity index (χ4n) is 2.01. The van der Waals surface area contributed by atoms with Gasteiger partial charge in [-0.1, -0.05) is 18.2 Å². The smallest absolute Gasteiger partial charge is 0.124 e. The Balaban J connectivity index is 1.80. The molecule has 0 aromatic heterocycles. The summed E-state index contributed by atoms with van der Waals surface area (Å²) in [6.45, 7) is 0. The van der Waals surface area contributed by atoms with Gasteiger partial charge in [-0.25, -0.2) is 4.39 Å². The van der Waals surface area contributed by atoms with E-state index in [0.29, 0.717) is 15.2 Å². The summed E-state index contributed by atoms with van der Waals surface area (Å²) in [6.07, 6.45) is 1.86. The lowest BCUT2D eigenvalue weighted by molar-refractivity contribution is 0.219. The summed E-state index contributed by atoms with van der Waals surface area (Å²) < 4.78 is 19.5. The van der Waals surface area contributed by atoms with Crippen LogP contribution in [0.1, 0.15) is 30.1 Å². The molecule has 2 nitrogen and oxygen atoms in total. The molecule has 4 heteroatoms. The van der Waals surface area contributed by atoms with Gasteiger partial charge in [0.05, 0.1) is 6.10 Å². The Hall–Kier alpha value is -1.14. The first-order valence-electron chi connectivity index (χ1n) is 6.53. The zero-order valence-corrected chi connectivity index (χ0v) is 12.9. The van der Waals surface area contributed by atoms with Crippen LogP contribution in [0.5, 0.6) is 5.75 Å². The topological polar surface area (TPSA) is 29.5 Å². The van der Waals surface area contributed by atoms with Crippen molar-refractivity contribution >= 4 is 22.6 Å². The number of halogens is 2. The fourth-order valence-corrected chi connectivity index (χ4v) is 2.78. The molecule has 3 rings (SSSR count). The van der Waals surface area contributed by atoms with Gasteiger partial charge >= 0.3 is 0 Å². The maximum Gasteiger partial charge on any atom is 0.124 e. The van der Waals surface area contributed by atoms with Crippen LogP contribution in [0, 0.1) is 9.39 Å². The molecule has 1 atom stereocenters. The van der Waals surface area contributed by atoms with Gasteiger partial charge in [-0.2, -0.15) is 0 Å². The van der Waals surface area contributed by atoms with Crippen LogP contribution in [0.2, 0.25) is 0 Å². The molecule has 0 bridgehead atoms. The number of rotatable bonds is 4. The van der Waals surface area contributed by atoms with Gasteiger partial charge in [0.2, 0.25) is 0 Å². The van der Waals surface area contributed by atoms with E-state index < -0.39 is 6.10 Å². The highest BCUT2D eigenvalue weighted by molar-refractivity contribution is 14.1. The number of benzene rings is 2. The Morgan fingerprint density at radius 3 is 2.45 bits per heavy atom. The van der Waals surface area contributed by atoms with E-state index in [1.165, 1.54) is 12.1 Å². The third-order valence-corrected chi connectivity index (χ3v) is 4.21. The third kappa shape index (κ3) is 3.12. The minimum atomic E-state index is -0.752. The lowest BCUT2D eigenvalue weighted by Gasteiger charge is -2.14. The van der Waals surface area contributed by atoms with E-state index >= 15 is 0 Å². The lowest BCUT2D eigenvalue weighted by atomic mass is 10.0. The van der Waals surface area contributed by atoms with E-state index in [2.05, 4.69) is 0 Å². The van der Waals surface area contributed by atoms with Crippen molar-refractivity contribution in [2.75, 3.05) is 0 Å². The van der Waals surface area contributed by atoms with Crippen LogP contribution in [-0.2, 0) is 0 Å². The first-order valence-corrected chi connectivity index (χ1v) is 7.61. The Morgan fingerprint density at radius 2 is 1.85 bits per heavy atom. The van der Waals surface area contributed by atoms with Crippen LogP contribution >= 0.6 is 22.6 Å². The second-order valence-electron chi connectivity index (χ2n) is 4.95. The SMILES string of the molecule is OC(c1ccc(OC2CC2)cc1)c1ccc(F)cc1I. The Morgan fingerprint density at radius 1 is 1.15 bits per heavy atom. The van der Waals surface area contributed by atoms with Gasteiger partial charge in [-0.05, 0) is 70.8 Å². The van der Waals surface area contributed by atoms with Crippen LogP contribution in [0.3, 0.4) is 0 Å². The summed E-state index contributed by atoms with van der Waals surface area (Å²) in [5.74, 6) is 0.538. The normalized spacial score (nSPS) is 15.9. The quantitative estimate of drug-likeness (QED) is 0.806. The molecule has 0 aliphatic heterocycles. The summed E-state index contributed by atoms with van der Waals surface area (Å²) in [7, 11) is 0. The summed E-state index contributed by atoms with van der Waals surface area (Å²) >= 11 is 2.03. The maximum absolute atomic E-state index is 13.1. The predicted molar refractivity (Wildman–Crippen MR) is 83.3 cm³/mol. The molecule has 0 saturated heterocycles. The van der Waals surface area contributed by atoms with Crippen LogP contribution < -0.4 is 4.74 Å². The van der Waals surface area contributed by atoms with Crippen LogP contribution in [-0.4, -0.2) is 11.2 Å². The number of aliphatic hydroxyl groups is 1. The van der Waals surface area contributed by atoms with Crippen molar-refractivity contribution in [3.63, 3.8) is 0 Å². The van der Waals surface area contributed by atoms with Crippen molar-refractivity contribution < 1.29 is 14.2 Å². The Kier molecular flexibility index (Phi) is 3.94. The molecule has 20 heavy (non-hydrogen) atoms. The molecule has 0 heterocycles. The fraction of sp³-hybridized carbons (Fsp3) is 0.250. The lowest BCUT2D eigenvalue weighted by Crippen LogP contribution is -2.03. The molecule has 1 unspecified atom stereocenters. The summed E-state index contributed by atoms with van der Waals surface area (Å²) in [5.41, 5.74) is 1.49. The molecule has 1 aliphatic rings. The van der Waals surface area contributed by atoms with Crippen molar-refractivity contribution in [3.05, 3.63) is 63.0 Å². The van der Waals surface area contributed by atoms with Crippen LogP contribution in [0.25, 0.3) is 0 Å². The predicted octanol–water partition coefficient (Wildman–Crippen LogP) is 4.05. The molecule has 2 aromatic carbocycles. The van der Waals surface area contributed by atoms with Crippen molar-refractivity contribution in [2.24, 2.45) is 0 Å². The Bertz CT molecular complexity index is 608. The molecule has 0 amide bonds. The number of ether oxygens (including phenoxy) is 1. The summed E-state index contributed by atoms with van der Waals surface area (Å²) in [5, 5.41) is 10.4. The third-order valence-electron chi connectivity index (χ3n) is 3.28. The summed E-state index contributed by atoms with van der Waals surface area (Å²) in [4.78, 5) is 0. The zero-order valence-electron chi connectivity index (χ0n) is 10.7.